The van der Waals surface area contributed by atoms with Crippen molar-refractivity contribution in [3.63, 3.8) is 0 Å². The van der Waals surface area contributed by atoms with Crippen LogP contribution in [0, 0.1) is 0 Å². The van der Waals surface area contributed by atoms with Crippen molar-refractivity contribution in [2.75, 3.05) is 17.6 Å². The van der Waals surface area contributed by atoms with Gasteiger partial charge in [0.2, 0.25) is 15.9 Å². The molecule has 0 saturated heterocycles. The lowest BCUT2D eigenvalue weighted by Gasteiger charge is -2.32. The molecule has 35 heavy (non-hydrogen) atoms. The molecule has 2 amide bonds. The van der Waals surface area contributed by atoms with Crippen LogP contribution in [0.4, 0.5) is 5.13 Å². The number of anilines is 1. The number of aromatic nitrogens is 1. The monoisotopic (exact) mass is 526 g/mol. The van der Waals surface area contributed by atoms with Crippen molar-refractivity contribution in [3.05, 3.63) is 47.0 Å². The van der Waals surface area contributed by atoms with Gasteiger partial charge in [-0.15, -0.1) is 11.3 Å². The molecule has 0 fully saturated rings. The second kappa shape index (κ2) is 13.0. The van der Waals surface area contributed by atoms with Gasteiger partial charge in [-0.3, -0.25) is 9.59 Å². The van der Waals surface area contributed by atoms with Crippen LogP contribution in [0.15, 0.2) is 35.7 Å². The van der Waals surface area contributed by atoms with Gasteiger partial charge in [-0.25, -0.2) is 17.7 Å². The minimum Gasteiger partial charge on any atom is -0.388 e. The molecule has 1 heterocycles. The van der Waals surface area contributed by atoms with Crippen molar-refractivity contribution in [2.45, 2.75) is 63.8 Å². The van der Waals surface area contributed by atoms with E-state index in [0.29, 0.717) is 6.42 Å². The van der Waals surface area contributed by atoms with E-state index >= 15 is 0 Å². The zero-order chi connectivity index (χ0) is 26.2. The largest absolute Gasteiger partial charge is 0.388 e. The number of aliphatic hydroxyl groups excluding tert-OH is 2. The Morgan fingerprint density at radius 2 is 1.74 bits per heavy atom. The highest BCUT2D eigenvalue weighted by Gasteiger charge is 2.34. The molecule has 0 unspecified atom stereocenters. The van der Waals surface area contributed by atoms with Gasteiger partial charge in [-0.1, -0.05) is 50.1 Å². The molecule has 4 N–H and O–H groups in total. The number of hydrogen-bond acceptors (Lipinski definition) is 8. The SMILES string of the molecule is CCCC[C@@H](NC(C)=O)[C@@H](O)[C@H](O)[C@H](Cc1ccccc1)NC(=O)c1csc(N(C)S(C)(=O)=O)n1. The third-order valence-electron chi connectivity index (χ3n) is 5.54. The highest BCUT2D eigenvalue weighted by molar-refractivity contribution is 7.92. The first-order valence-corrected chi connectivity index (χ1v) is 14.0. The molecular weight excluding hydrogens is 492 g/mol. The van der Waals surface area contributed by atoms with Crippen LogP contribution in [-0.4, -0.2) is 73.0 Å². The predicted molar refractivity (Wildman–Crippen MR) is 136 cm³/mol. The molecule has 2 rings (SSSR count). The maximum absolute atomic E-state index is 13.0. The zero-order valence-corrected chi connectivity index (χ0v) is 22.0. The summed E-state index contributed by atoms with van der Waals surface area (Å²) in [6.45, 7) is 3.32. The van der Waals surface area contributed by atoms with E-state index in [0.717, 1.165) is 40.3 Å². The first-order valence-electron chi connectivity index (χ1n) is 11.3. The maximum atomic E-state index is 13.0. The molecule has 0 aliphatic rings. The molecule has 0 radical (unpaired) electrons. The molecule has 0 aliphatic carbocycles. The number of nitrogens with one attached hydrogen (secondary N) is 2. The minimum atomic E-state index is -3.54. The Balaban J connectivity index is 2.27. The van der Waals surface area contributed by atoms with Crippen molar-refractivity contribution in [2.24, 2.45) is 0 Å². The van der Waals surface area contributed by atoms with Gasteiger partial charge in [0.15, 0.2) is 5.13 Å². The lowest BCUT2D eigenvalue weighted by molar-refractivity contribution is -0.121. The molecule has 0 spiro atoms. The number of benzene rings is 1. The van der Waals surface area contributed by atoms with Gasteiger partial charge < -0.3 is 20.8 Å². The average molecular weight is 527 g/mol. The van der Waals surface area contributed by atoms with Crippen LogP contribution in [0.1, 0.15) is 49.2 Å². The number of thiazole rings is 1. The fourth-order valence-corrected chi connectivity index (χ4v) is 5.05. The summed E-state index contributed by atoms with van der Waals surface area (Å²) < 4.78 is 24.5. The van der Waals surface area contributed by atoms with E-state index in [1.807, 2.05) is 37.3 Å². The lowest BCUT2D eigenvalue weighted by Crippen LogP contribution is -2.56. The fraction of sp³-hybridized carbons (Fsp3) is 0.522. The standard InChI is InChI=1S/C23H34N4O6S2/c1-5-6-12-17(24-15(2)28)20(29)21(30)18(13-16-10-8-7-9-11-16)25-22(31)19-14-34-23(26-19)27(3)35(4,32)33/h7-11,14,17-18,20-21,29-30H,5-6,12-13H2,1-4H3,(H,24,28)(H,25,31)/t17-,18+,20-,21-/m1/s1. The summed E-state index contributed by atoms with van der Waals surface area (Å²) in [7, 11) is -2.20. The number of carbonyl (C=O) groups is 2. The van der Waals surface area contributed by atoms with E-state index in [1.54, 1.807) is 0 Å². The summed E-state index contributed by atoms with van der Waals surface area (Å²) in [6, 6.07) is 7.57. The van der Waals surface area contributed by atoms with Crippen molar-refractivity contribution in [3.8, 4) is 0 Å². The number of carbonyl (C=O) groups excluding carboxylic acids is 2. The quantitative estimate of drug-likeness (QED) is 0.307. The van der Waals surface area contributed by atoms with Crippen molar-refractivity contribution in [1.82, 2.24) is 15.6 Å². The van der Waals surface area contributed by atoms with Crippen LogP contribution in [0.2, 0.25) is 0 Å². The first kappa shape index (κ1) is 28.7. The lowest BCUT2D eigenvalue weighted by atomic mass is 9.91. The van der Waals surface area contributed by atoms with Crippen LogP contribution >= 0.6 is 11.3 Å². The van der Waals surface area contributed by atoms with Gasteiger partial charge in [0, 0.05) is 19.4 Å². The van der Waals surface area contributed by atoms with E-state index in [-0.39, 0.29) is 23.2 Å². The third kappa shape index (κ3) is 8.57. The molecule has 194 valence electrons. The summed E-state index contributed by atoms with van der Waals surface area (Å²) in [5.41, 5.74) is 0.814. The summed E-state index contributed by atoms with van der Waals surface area (Å²) >= 11 is 0.995. The third-order valence-corrected chi connectivity index (χ3v) is 7.74. The summed E-state index contributed by atoms with van der Waals surface area (Å²) in [5.74, 6) is -0.947. The molecule has 2 aromatic rings. The van der Waals surface area contributed by atoms with Crippen LogP contribution in [-0.2, 0) is 21.2 Å². The van der Waals surface area contributed by atoms with E-state index in [2.05, 4.69) is 15.6 Å². The number of unbranched alkanes of at least 4 members (excludes halogenated alkanes) is 1. The van der Waals surface area contributed by atoms with Gasteiger partial charge in [-0.2, -0.15) is 0 Å². The minimum absolute atomic E-state index is 0.00959. The maximum Gasteiger partial charge on any atom is 0.271 e. The van der Waals surface area contributed by atoms with Crippen LogP contribution in [0.3, 0.4) is 0 Å². The highest BCUT2D eigenvalue weighted by atomic mass is 32.2. The molecule has 1 aromatic heterocycles. The van der Waals surface area contributed by atoms with Gasteiger partial charge in [0.05, 0.1) is 18.3 Å². The van der Waals surface area contributed by atoms with E-state index in [9.17, 15) is 28.2 Å². The number of rotatable bonds is 13. The Hall–Kier alpha value is -2.54. The Kier molecular flexibility index (Phi) is 10.6. The van der Waals surface area contributed by atoms with Crippen LogP contribution in [0.5, 0.6) is 0 Å². The summed E-state index contributed by atoms with van der Waals surface area (Å²) in [4.78, 5) is 28.8. The summed E-state index contributed by atoms with van der Waals surface area (Å²) in [6.07, 6.45) is 0.564. The summed E-state index contributed by atoms with van der Waals surface area (Å²) in [5, 5.41) is 29.0. The number of sulfonamides is 1. The van der Waals surface area contributed by atoms with Crippen LogP contribution in [0.25, 0.3) is 0 Å². The Bertz CT molecular complexity index is 1080. The number of amides is 2. The van der Waals surface area contributed by atoms with E-state index in [1.165, 1.54) is 19.4 Å². The topological polar surface area (TPSA) is 149 Å². The number of aliphatic hydroxyl groups is 2. The van der Waals surface area contributed by atoms with E-state index < -0.39 is 40.2 Å². The normalized spacial score (nSPS) is 15.0. The van der Waals surface area contributed by atoms with Gasteiger partial charge in [0.25, 0.3) is 5.91 Å². The van der Waals surface area contributed by atoms with Crippen molar-refractivity contribution >= 4 is 38.3 Å². The highest BCUT2D eigenvalue weighted by Crippen LogP contribution is 2.22. The number of hydrogen-bond donors (Lipinski definition) is 4. The smallest absolute Gasteiger partial charge is 0.271 e. The van der Waals surface area contributed by atoms with Gasteiger partial charge in [-0.05, 0) is 18.4 Å². The predicted octanol–water partition coefficient (Wildman–Crippen LogP) is 1.30. The first-order chi connectivity index (χ1) is 16.4. The molecule has 4 atom stereocenters. The van der Waals surface area contributed by atoms with Gasteiger partial charge >= 0.3 is 0 Å². The molecule has 1 aromatic carbocycles. The molecule has 0 saturated carbocycles. The second-order valence-corrected chi connectivity index (χ2v) is 11.3. The molecule has 0 bridgehead atoms. The Morgan fingerprint density at radius 3 is 2.31 bits per heavy atom. The van der Waals surface area contributed by atoms with Crippen LogP contribution < -0.4 is 14.9 Å². The van der Waals surface area contributed by atoms with Crippen molar-refractivity contribution < 1.29 is 28.2 Å². The van der Waals surface area contributed by atoms with Crippen molar-refractivity contribution in [1.29, 1.82) is 0 Å². The molecule has 10 nitrogen and oxygen atoms in total. The van der Waals surface area contributed by atoms with E-state index in [4.69, 9.17) is 0 Å². The second-order valence-electron chi connectivity index (χ2n) is 8.45. The number of nitrogens with zero attached hydrogens (tertiary/aromatic N) is 2. The Labute approximate surface area is 210 Å². The Morgan fingerprint density at radius 1 is 1.11 bits per heavy atom. The molecule has 12 heteroatoms. The zero-order valence-electron chi connectivity index (χ0n) is 20.3. The molecular formula is C23H34N4O6S2. The average Bonchev–Trinajstić information content (AvgIpc) is 3.30. The van der Waals surface area contributed by atoms with Gasteiger partial charge in [0.1, 0.15) is 17.9 Å². The molecule has 0 aliphatic heterocycles. The fourth-order valence-electron chi connectivity index (χ4n) is 3.51.